The molecule has 0 aromatic carbocycles. The zero-order valence-electron chi connectivity index (χ0n) is 14.4. The number of rotatable bonds is 5. The molecule has 0 saturated carbocycles. The van der Waals surface area contributed by atoms with Crippen LogP contribution in [0.1, 0.15) is 33.1 Å². The van der Waals surface area contributed by atoms with E-state index in [2.05, 4.69) is 33.6 Å². The van der Waals surface area contributed by atoms with Gasteiger partial charge >= 0.3 is 0 Å². The fourth-order valence-electron chi connectivity index (χ4n) is 3.33. The highest BCUT2D eigenvalue weighted by Crippen LogP contribution is 2.24. The molecule has 0 unspecified atom stereocenters. The van der Waals surface area contributed by atoms with Gasteiger partial charge in [-0.3, -0.25) is 0 Å². The number of nitrogens with zero attached hydrogens (tertiary/aromatic N) is 5. The van der Waals surface area contributed by atoms with Crippen molar-refractivity contribution in [1.82, 2.24) is 15.0 Å². The zero-order valence-corrected chi connectivity index (χ0v) is 15.2. The number of ether oxygens (including phenoxy) is 2. The van der Waals surface area contributed by atoms with Crippen LogP contribution in [0, 0.1) is 0 Å². The Morgan fingerprint density at radius 2 is 1.54 bits per heavy atom. The number of halogens is 1. The second-order valence-corrected chi connectivity index (χ2v) is 6.58. The molecule has 3 rings (SSSR count). The van der Waals surface area contributed by atoms with Crippen LogP contribution in [-0.4, -0.2) is 66.6 Å². The van der Waals surface area contributed by atoms with Crippen molar-refractivity contribution in [3.05, 3.63) is 5.28 Å². The van der Waals surface area contributed by atoms with Gasteiger partial charge in [-0.15, -0.1) is 0 Å². The quantitative estimate of drug-likeness (QED) is 0.801. The highest BCUT2D eigenvalue weighted by Gasteiger charge is 2.28. The van der Waals surface area contributed by atoms with E-state index in [1.54, 1.807) is 0 Å². The molecule has 0 radical (unpaired) electrons. The summed E-state index contributed by atoms with van der Waals surface area (Å²) < 4.78 is 11.2. The maximum absolute atomic E-state index is 6.23. The molecule has 7 nitrogen and oxygen atoms in total. The first-order valence-corrected chi connectivity index (χ1v) is 9.21. The summed E-state index contributed by atoms with van der Waals surface area (Å²) in [5.74, 6) is 1.31. The van der Waals surface area contributed by atoms with Crippen molar-refractivity contribution in [2.45, 2.75) is 45.2 Å². The van der Waals surface area contributed by atoms with Crippen LogP contribution in [0.25, 0.3) is 0 Å². The third-order valence-electron chi connectivity index (χ3n) is 4.65. The zero-order chi connectivity index (χ0) is 16.9. The van der Waals surface area contributed by atoms with Crippen LogP contribution in [0.5, 0.6) is 0 Å². The highest BCUT2D eigenvalue weighted by atomic mass is 35.5. The van der Waals surface area contributed by atoms with Crippen molar-refractivity contribution in [2.75, 3.05) is 49.3 Å². The lowest BCUT2D eigenvalue weighted by Gasteiger charge is -2.37. The van der Waals surface area contributed by atoms with Crippen LogP contribution in [-0.2, 0) is 9.47 Å². The predicted molar refractivity (Wildman–Crippen MR) is 93.9 cm³/mol. The van der Waals surface area contributed by atoms with Gasteiger partial charge in [0.05, 0.1) is 38.5 Å². The van der Waals surface area contributed by atoms with E-state index in [1.165, 1.54) is 0 Å². The molecule has 8 heteroatoms. The lowest BCUT2D eigenvalue weighted by molar-refractivity contribution is 0.0898. The molecule has 2 saturated heterocycles. The first-order chi connectivity index (χ1) is 11.7. The Balaban J connectivity index is 1.87. The van der Waals surface area contributed by atoms with E-state index >= 15 is 0 Å². The molecule has 0 aliphatic carbocycles. The van der Waals surface area contributed by atoms with E-state index in [0.717, 1.165) is 32.4 Å². The molecule has 1 aromatic rings. The van der Waals surface area contributed by atoms with Crippen molar-refractivity contribution >= 4 is 23.5 Å². The maximum Gasteiger partial charge on any atom is 0.231 e. The largest absolute Gasteiger partial charge is 0.377 e. The summed E-state index contributed by atoms with van der Waals surface area (Å²) in [7, 11) is 0. The third kappa shape index (κ3) is 3.90. The molecular formula is C16H26ClN5O2. The topological polar surface area (TPSA) is 63.6 Å². The second kappa shape index (κ2) is 8.27. The predicted octanol–water partition coefficient (Wildman–Crippen LogP) is 2.15. The van der Waals surface area contributed by atoms with Gasteiger partial charge in [0.25, 0.3) is 0 Å². The van der Waals surface area contributed by atoms with E-state index in [9.17, 15) is 0 Å². The SMILES string of the molecule is CCC[C@@H]1COCCN1c1nc(Cl)nc(N2CCOC[C@H]2CC)n1. The van der Waals surface area contributed by atoms with Gasteiger partial charge in [-0.2, -0.15) is 15.0 Å². The van der Waals surface area contributed by atoms with Gasteiger partial charge in [0.15, 0.2) is 0 Å². The molecule has 1 aromatic heterocycles. The number of hydrogen-bond donors (Lipinski definition) is 0. The Labute approximate surface area is 148 Å². The van der Waals surface area contributed by atoms with Crippen molar-refractivity contribution in [3.8, 4) is 0 Å². The van der Waals surface area contributed by atoms with Crippen molar-refractivity contribution < 1.29 is 9.47 Å². The molecule has 24 heavy (non-hydrogen) atoms. The summed E-state index contributed by atoms with van der Waals surface area (Å²) >= 11 is 6.23. The van der Waals surface area contributed by atoms with E-state index in [-0.39, 0.29) is 11.3 Å². The summed E-state index contributed by atoms with van der Waals surface area (Å²) in [6, 6.07) is 0.572. The van der Waals surface area contributed by atoms with E-state index < -0.39 is 0 Å². The van der Waals surface area contributed by atoms with E-state index in [4.69, 9.17) is 26.1 Å². The molecule has 2 aliphatic rings. The lowest BCUT2D eigenvalue weighted by atomic mass is 10.1. The molecule has 0 spiro atoms. The summed E-state index contributed by atoms with van der Waals surface area (Å²) in [6.45, 7) is 8.67. The van der Waals surface area contributed by atoms with Gasteiger partial charge < -0.3 is 19.3 Å². The van der Waals surface area contributed by atoms with Gasteiger partial charge in [0.1, 0.15) is 0 Å². The van der Waals surface area contributed by atoms with E-state index in [0.29, 0.717) is 44.4 Å². The fourth-order valence-corrected chi connectivity index (χ4v) is 3.48. The Morgan fingerprint density at radius 3 is 2.12 bits per heavy atom. The van der Waals surface area contributed by atoms with Crippen LogP contribution in [0.4, 0.5) is 11.9 Å². The molecule has 0 N–H and O–H groups in total. The van der Waals surface area contributed by atoms with E-state index in [1.807, 2.05) is 0 Å². The molecular weight excluding hydrogens is 330 g/mol. The number of hydrogen-bond acceptors (Lipinski definition) is 7. The average Bonchev–Trinajstić information content (AvgIpc) is 2.62. The van der Waals surface area contributed by atoms with Gasteiger partial charge in [-0.1, -0.05) is 20.3 Å². The Hall–Kier alpha value is -1.18. The summed E-state index contributed by atoms with van der Waals surface area (Å²) in [6.07, 6.45) is 3.12. The van der Waals surface area contributed by atoms with Crippen LogP contribution >= 0.6 is 11.6 Å². The van der Waals surface area contributed by atoms with Gasteiger partial charge in [0.2, 0.25) is 17.2 Å². The van der Waals surface area contributed by atoms with Crippen LogP contribution < -0.4 is 9.80 Å². The molecule has 0 bridgehead atoms. The smallest absolute Gasteiger partial charge is 0.231 e. The minimum Gasteiger partial charge on any atom is -0.377 e. The molecule has 2 atom stereocenters. The molecule has 134 valence electrons. The first kappa shape index (κ1) is 17.6. The second-order valence-electron chi connectivity index (χ2n) is 6.25. The number of aromatic nitrogens is 3. The Kier molecular flexibility index (Phi) is 6.08. The van der Waals surface area contributed by atoms with Crippen molar-refractivity contribution in [3.63, 3.8) is 0 Å². The Bertz CT molecular complexity index is 545. The molecule has 3 heterocycles. The lowest BCUT2D eigenvalue weighted by Crippen LogP contribution is -2.48. The number of anilines is 2. The fraction of sp³-hybridized carbons (Fsp3) is 0.812. The molecule has 0 amide bonds. The monoisotopic (exact) mass is 355 g/mol. The normalized spacial score (nSPS) is 25.1. The third-order valence-corrected chi connectivity index (χ3v) is 4.82. The molecule has 2 fully saturated rings. The van der Waals surface area contributed by atoms with Gasteiger partial charge in [-0.25, -0.2) is 0 Å². The first-order valence-electron chi connectivity index (χ1n) is 8.83. The van der Waals surface area contributed by atoms with Crippen molar-refractivity contribution in [2.24, 2.45) is 0 Å². The summed E-state index contributed by atoms with van der Waals surface area (Å²) in [5.41, 5.74) is 0. The maximum atomic E-state index is 6.23. The standard InChI is InChI=1S/C16H26ClN5O2/c1-3-5-13-11-24-9-7-22(13)16-19-14(17)18-15(20-16)21-6-8-23-10-12(21)4-2/h12-13H,3-11H2,1-2H3/t12-,13-/m1/s1. The number of morpholine rings is 2. The average molecular weight is 356 g/mol. The minimum absolute atomic E-state index is 0.248. The van der Waals surface area contributed by atoms with Crippen molar-refractivity contribution in [1.29, 1.82) is 0 Å². The Morgan fingerprint density at radius 1 is 0.958 bits per heavy atom. The van der Waals surface area contributed by atoms with Gasteiger partial charge in [0, 0.05) is 13.1 Å². The van der Waals surface area contributed by atoms with Crippen LogP contribution in [0.15, 0.2) is 0 Å². The minimum atomic E-state index is 0.248. The molecule has 2 aliphatic heterocycles. The van der Waals surface area contributed by atoms with Crippen LogP contribution in [0.3, 0.4) is 0 Å². The summed E-state index contributed by atoms with van der Waals surface area (Å²) in [5, 5.41) is 0.248. The van der Waals surface area contributed by atoms with Crippen LogP contribution in [0.2, 0.25) is 5.28 Å². The van der Waals surface area contributed by atoms with Gasteiger partial charge in [-0.05, 0) is 24.4 Å². The summed E-state index contributed by atoms with van der Waals surface area (Å²) in [4.78, 5) is 17.9. The highest BCUT2D eigenvalue weighted by molar-refractivity contribution is 6.28.